The second-order valence-electron chi connectivity index (χ2n) is 6.99. The molecule has 1 atom stereocenters. The first-order valence-electron chi connectivity index (χ1n) is 10.6. The molecule has 0 bridgehead atoms. The Hall–Kier alpha value is -2.34. The van der Waals surface area contributed by atoms with Gasteiger partial charge in [0.2, 0.25) is 5.91 Å². The predicted octanol–water partition coefficient (Wildman–Crippen LogP) is 3.44. The number of nitrogens with one attached hydrogen (secondary N) is 2. The number of para-hydroxylation sites is 1. The third-order valence-electron chi connectivity index (χ3n) is 4.88. The van der Waals surface area contributed by atoms with Gasteiger partial charge >= 0.3 is 0 Å². The summed E-state index contributed by atoms with van der Waals surface area (Å²) in [4.78, 5) is 19.8. The summed E-state index contributed by atoms with van der Waals surface area (Å²) in [5, 5.41) is 14.9. The van der Waals surface area contributed by atoms with Crippen molar-refractivity contribution in [1.29, 1.82) is 0 Å². The summed E-state index contributed by atoms with van der Waals surface area (Å²) >= 11 is 2.71. The first kappa shape index (κ1) is 25.3. The molecule has 3 heterocycles. The number of amides is 1. The number of aliphatic hydroxyl groups is 1. The van der Waals surface area contributed by atoms with Crippen molar-refractivity contribution in [2.24, 2.45) is 4.99 Å². The highest BCUT2D eigenvalue weighted by atomic mass is 32.2. The van der Waals surface area contributed by atoms with E-state index in [1.165, 1.54) is 27.4 Å². The molecule has 1 aliphatic heterocycles. The molecule has 1 aliphatic rings. The van der Waals surface area contributed by atoms with Crippen LogP contribution in [0.2, 0.25) is 0 Å². The third kappa shape index (κ3) is 5.60. The van der Waals surface area contributed by atoms with Gasteiger partial charge in [-0.1, -0.05) is 43.8 Å². The second-order valence-corrected chi connectivity index (χ2v) is 11.4. The van der Waals surface area contributed by atoms with E-state index in [1.54, 1.807) is 30.6 Å². The van der Waals surface area contributed by atoms with E-state index in [9.17, 15) is 13.2 Å². The molecule has 8 nitrogen and oxygen atoms in total. The number of aromatic amines is 1. The molecule has 3 aromatic rings. The summed E-state index contributed by atoms with van der Waals surface area (Å²) in [7, 11) is -2.10. The van der Waals surface area contributed by atoms with E-state index in [-0.39, 0.29) is 28.5 Å². The number of fused-ring (bicyclic) bond motifs is 1. The quantitative estimate of drug-likeness (QED) is 0.431. The van der Waals surface area contributed by atoms with Crippen molar-refractivity contribution >= 4 is 60.7 Å². The molecular formula is C22H28N4O4S3. The van der Waals surface area contributed by atoms with Gasteiger partial charge in [0.05, 0.1) is 30.0 Å². The highest BCUT2D eigenvalue weighted by Gasteiger charge is 2.27. The van der Waals surface area contributed by atoms with Gasteiger partial charge in [0.1, 0.15) is 9.25 Å². The van der Waals surface area contributed by atoms with Crippen LogP contribution in [0, 0.1) is 0 Å². The fourth-order valence-electron chi connectivity index (χ4n) is 3.34. The van der Waals surface area contributed by atoms with Gasteiger partial charge in [-0.3, -0.25) is 14.1 Å². The van der Waals surface area contributed by atoms with Crippen LogP contribution in [0.15, 0.2) is 51.0 Å². The molecule has 2 aromatic heterocycles. The molecule has 1 aromatic carbocycles. The lowest BCUT2D eigenvalue weighted by Gasteiger charge is -2.19. The van der Waals surface area contributed by atoms with Crippen LogP contribution < -0.4 is 9.62 Å². The van der Waals surface area contributed by atoms with Gasteiger partial charge < -0.3 is 15.4 Å². The van der Waals surface area contributed by atoms with Crippen LogP contribution in [0.3, 0.4) is 0 Å². The van der Waals surface area contributed by atoms with Crippen LogP contribution in [0.1, 0.15) is 26.0 Å². The summed E-state index contributed by atoms with van der Waals surface area (Å²) in [6.07, 6.45) is 0.324. The van der Waals surface area contributed by atoms with Gasteiger partial charge in [0.25, 0.3) is 10.0 Å². The number of sulfonamides is 1. The maximum atomic E-state index is 13.0. The number of H-pyrrole nitrogens is 1. The zero-order chi connectivity index (χ0) is 24.0. The molecule has 33 heavy (non-hydrogen) atoms. The standard InChI is InChI=1S/C20H22N4O4S3.C2H6/c1-24(31(27,28)18-6-3-9-29-18)16-5-2-4-13-10-15(23-19(13)16)20-22-12-14(30-20)11-17(26)21-7-8-25;1-2/h2-6,9-10,14,23,25H,7-8,11-12H2,1H3,(H,21,26);1-2H3. The van der Waals surface area contributed by atoms with Gasteiger partial charge in [-0.05, 0) is 23.6 Å². The maximum absolute atomic E-state index is 13.0. The molecule has 178 valence electrons. The number of nitrogens with zero attached hydrogens (tertiary/aromatic N) is 2. The highest BCUT2D eigenvalue weighted by Crippen LogP contribution is 2.34. The Balaban J connectivity index is 0.00000149. The predicted molar refractivity (Wildman–Crippen MR) is 137 cm³/mol. The zero-order valence-electron chi connectivity index (χ0n) is 18.7. The number of aliphatic imine (C=N–C) groups is 1. The summed E-state index contributed by atoms with van der Waals surface area (Å²) < 4.78 is 27.5. The molecule has 1 amide bonds. The van der Waals surface area contributed by atoms with E-state index in [4.69, 9.17) is 5.11 Å². The Morgan fingerprint density at radius 2 is 2.09 bits per heavy atom. The number of benzene rings is 1. The normalized spacial score (nSPS) is 15.6. The minimum atomic E-state index is -3.65. The fourth-order valence-corrected chi connectivity index (χ4v) is 6.79. The summed E-state index contributed by atoms with van der Waals surface area (Å²) in [5.41, 5.74) is 2.07. The van der Waals surface area contributed by atoms with Crippen molar-refractivity contribution in [2.75, 3.05) is 31.0 Å². The van der Waals surface area contributed by atoms with E-state index in [0.29, 0.717) is 24.2 Å². The lowest BCUT2D eigenvalue weighted by molar-refractivity contribution is -0.121. The lowest BCUT2D eigenvalue weighted by atomic mass is 10.2. The van der Waals surface area contributed by atoms with Crippen LogP contribution in [0.25, 0.3) is 10.9 Å². The topological polar surface area (TPSA) is 115 Å². The second kappa shape index (κ2) is 11.2. The Bertz CT molecular complexity index is 1220. The first-order valence-corrected chi connectivity index (χ1v) is 13.8. The average Bonchev–Trinajstić information content (AvgIpc) is 3.58. The number of carbonyl (C=O) groups is 1. The van der Waals surface area contributed by atoms with Crippen LogP contribution in [0.5, 0.6) is 0 Å². The number of hydrogen-bond acceptors (Lipinski definition) is 7. The largest absolute Gasteiger partial charge is 0.395 e. The molecule has 11 heteroatoms. The molecule has 0 saturated heterocycles. The van der Waals surface area contributed by atoms with Gasteiger partial charge in [0, 0.05) is 30.6 Å². The van der Waals surface area contributed by atoms with Crippen molar-refractivity contribution in [3.05, 3.63) is 47.5 Å². The van der Waals surface area contributed by atoms with Crippen LogP contribution >= 0.6 is 23.1 Å². The molecule has 3 N–H and O–H groups in total. The number of thioether (sulfide) groups is 1. The SMILES string of the molecule is CC.CN(c1cccc2cc(C3=NCC(CC(=O)NCCO)S3)[nH]c12)S(=O)(=O)c1cccs1. The van der Waals surface area contributed by atoms with E-state index in [0.717, 1.165) is 16.1 Å². The lowest BCUT2D eigenvalue weighted by Crippen LogP contribution is -2.29. The molecule has 0 saturated carbocycles. The highest BCUT2D eigenvalue weighted by molar-refractivity contribution is 8.15. The van der Waals surface area contributed by atoms with Crippen molar-refractivity contribution < 1.29 is 18.3 Å². The van der Waals surface area contributed by atoms with Gasteiger partial charge in [-0.25, -0.2) is 8.42 Å². The van der Waals surface area contributed by atoms with Crippen molar-refractivity contribution in [2.45, 2.75) is 29.7 Å². The molecular weight excluding hydrogens is 480 g/mol. The van der Waals surface area contributed by atoms with Crippen molar-refractivity contribution in [3.63, 3.8) is 0 Å². The van der Waals surface area contributed by atoms with Crippen molar-refractivity contribution in [1.82, 2.24) is 10.3 Å². The first-order chi connectivity index (χ1) is 15.9. The molecule has 1 unspecified atom stereocenters. The maximum Gasteiger partial charge on any atom is 0.273 e. The molecule has 0 radical (unpaired) electrons. The monoisotopic (exact) mass is 508 g/mol. The van der Waals surface area contributed by atoms with E-state index in [1.807, 2.05) is 32.0 Å². The number of aromatic nitrogens is 1. The number of anilines is 1. The number of rotatable bonds is 8. The van der Waals surface area contributed by atoms with E-state index < -0.39 is 10.0 Å². The van der Waals surface area contributed by atoms with Crippen LogP contribution in [-0.2, 0) is 14.8 Å². The van der Waals surface area contributed by atoms with E-state index in [2.05, 4.69) is 15.3 Å². The molecule has 0 spiro atoms. The smallest absolute Gasteiger partial charge is 0.273 e. The molecule has 0 fully saturated rings. The number of hydrogen-bond donors (Lipinski definition) is 3. The summed E-state index contributed by atoms with van der Waals surface area (Å²) in [6.45, 7) is 4.69. The average molecular weight is 509 g/mol. The van der Waals surface area contributed by atoms with E-state index >= 15 is 0 Å². The van der Waals surface area contributed by atoms with Gasteiger partial charge in [-0.2, -0.15) is 0 Å². The molecule has 4 rings (SSSR count). The molecule has 0 aliphatic carbocycles. The van der Waals surface area contributed by atoms with Crippen LogP contribution in [-0.4, -0.2) is 61.5 Å². The minimum absolute atomic E-state index is 0.0291. The summed E-state index contributed by atoms with van der Waals surface area (Å²) in [5.74, 6) is -0.109. The Morgan fingerprint density at radius 1 is 1.30 bits per heavy atom. The Morgan fingerprint density at radius 3 is 2.79 bits per heavy atom. The van der Waals surface area contributed by atoms with Crippen molar-refractivity contribution in [3.8, 4) is 0 Å². The van der Waals surface area contributed by atoms with Gasteiger partial charge in [-0.15, -0.1) is 11.3 Å². The Kier molecular flexibility index (Phi) is 8.57. The van der Waals surface area contributed by atoms with Crippen LogP contribution in [0.4, 0.5) is 5.69 Å². The third-order valence-corrected chi connectivity index (χ3v) is 9.24. The Labute approximate surface area is 202 Å². The van der Waals surface area contributed by atoms with Gasteiger partial charge in [0.15, 0.2) is 0 Å². The summed E-state index contributed by atoms with van der Waals surface area (Å²) in [6, 6.07) is 10.8. The minimum Gasteiger partial charge on any atom is -0.395 e. The number of carbonyl (C=O) groups excluding carboxylic acids is 1. The zero-order valence-corrected chi connectivity index (χ0v) is 21.2. The fraction of sp³-hybridized carbons (Fsp3) is 0.364. The number of aliphatic hydroxyl groups excluding tert-OH is 1. The number of thiophene rings is 1.